The zero-order chi connectivity index (χ0) is 37.5. The van der Waals surface area contributed by atoms with E-state index in [0.717, 1.165) is 31.4 Å². The lowest BCUT2D eigenvalue weighted by molar-refractivity contribution is -0.310. The standard InChI is InChI=1S/C47H45IO7/c48-40-26-27-41(42(28-40)50-30-36-18-8-2-9-19-36)54-47-46(53-33-39-24-14-5-15-25-39)45(52-32-38-22-12-4-13-23-38)44(51-31-37-20-10-3-11-21-37)43(55-47)34-49-29-35-16-6-1-7-17-35/h1-28,43-47H,29-34H2/t43-,44-,45+,46-,47-/m1/s1. The molecule has 1 aliphatic heterocycles. The van der Waals surface area contributed by atoms with Crippen LogP contribution in [-0.2, 0) is 56.7 Å². The minimum absolute atomic E-state index is 0.231. The second-order valence-corrected chi connectivity index (χ2v) is 14.6. The predicted octanol–water partition coefficient (Wildman–Crippen LogP) is 9.95. The van der Waals surface area contributed by atoms with E-state index in [-0.39, 0.29) is 6.61 Å². The Morgan fingerprint density at radius 1 is 0.436 bits per heavy atom. The molecule has 55 heavy (non-hydrogen) atoms. The summed E-state index contributed by atoms with van der Waals surface area (Å²) in [5, 5.41) is 0. The summed E-state index contributed by atoms with van der Waals surface area (Å²) >= 11 is 2.29. The molecular weight excluding hydrogens is 803 g/mol. The average Bonchev–Trinajstić information content (AvgIpc) is 3.24. The van der Waals surface area contributed by atoms with Gasteiger partial charge >= 0.3 is 0 Å². The smallest absolute Gasteiger partial charge is 0.229 e. The fourth-order valence-corrected chi connectivity index (χ4v) is 6.86. The predicted molar refractivity (Wildman–Crippen MR) is 220 cm³/mol. The van der Waals surface area contributed by atoms with E-state index in [4.69, 9.17) is 33.2 Å². The minimum Gasteiger partial charge on any atom is -0.485 e. The van der Waals surface area contributed by atoms with Crippen LogP contribution in [0.1, 0.15) is 27.8 Å². The van der Waals surface area contributed by atoms with Crippen LogP contribution in [0.3, 0.4) is 0 Å². The number of hydrogen-bond donors (Lipinski definition) is 0. The molecule has 1 aliphatic rings. The van der Waals surface area contributed by atoms with E-state index in [0.29, 0.717) is 44.5 Å². The maximum atomic E-state index is 6.93. The summed E-state index contributed by atoms with van der Waals surface area (Å²) in [5.74, 6) is 1.13. The van der Waals surface area contributed by atoms with Crippen molar-refractivity contribution < 1.29 is 33.2 Å². The van der Waals surface area contributed by atoms with Crippen LogP contribution in [0.25, 0.3) is 0 Å². The fourth-order valence-electron chi connectivity index (χ4n) is 6.39. The number of ether oxygens (including phenoxy) is 7. The van der Waals surface area contributed by atoms with E-state index in [9.17, 15) is 0 Å². The van der Waals surface area contributed by atoms with Crippen LogP contribution in [0.15, 0.2) is 170 Å². The molecule has 0 saturated carbocycles. The molecule has 1 fully saturated rings. The Hall–Kier alpha value is -4.55. The van der Waals surface area contributed by atoms with Gasteiger partial charge < -0.3 is 33.2 Å². The third-order valence-corrected chi connectivity index (χ3v) is 9.90. The molecule has 5 atom stereocenters. The van der Waals surface area contributed by atoms with E-state index in [1.165, 1.54) is 0 Å². The Morgan fingerprint density at radius 3 is 1.38 bits per heavy atom. The number of halogens is 1. The third-order valence-electron chi connectivity index (χ3n) is 9.23. The lowest BCUT2D eigenvalue weighted by Gasteiger charge is -2.45. The molecule has 8 heteroatoms. The first kappa shape index (κ1) is 38.7. The normalized spacial score (nSPS) is 19.5. The zero-order valence-corrected chi connectivity index (χ0v) is 32.7. The SMILES string of the molecule is Ic1ccc(O[C@@H]2O[C@H](COCc3ccccc3)[C@@H](OCc3ccccc3)[C@H](OCc3ccccc3)[C@H]2OCc2ccccc2)c(OCc2ccccc2)c1. The van der Waals surface area contributed by atoms with E-state index in [1.807, 2.05) is 158 Å². The Morgan fingerprint density at radius 2 is 0.873 bits per heavy atom. The van der Waals surface area contributed by atoms with Crippen LogP contribution in [-0.4, -0.2) is 37.3 Å². The first-order chi connectivity index (χ1) is 27.2. The summed E-state index contributed by atoms with van der Waals surface area (Å²) < 4.78 is 48.0. The van der Waals surface area contributed by atoms with Crippen LogP contribution in [0, 0.1) is 3.57 Å². The monoisotopic (exact) mass is 848 g/mol. The van der Waals surface area contributed by atoms with Gasteiger partial charge in [0.1, 0.15) is 31.0 Å². The van der Waals surface area contributed by atoms with Crippen LogP contribution in [0.4, 0.5) is 0 Å². The van der Waals surface area contributed by atoms with Gasteiger partial charge in [0.05, 0.1) is 33.0 Å². The zero-order valence-electron chi connectivity index (χ0n) is 30.5. The Bertz CT molecular complexity index is 1980. The highest BCUT2D eigenvalue weighted by Crippen LogP contribution is 2.36. The van der Waals surface area contributed by atoms with Crippen molar-refractivity contribution in [3.63, 3.8) is 0 Å². The van der Waals surface area contributed by atoms with Crippen molar-refractivity contribution in [3.05, 3.63) is 201 Å². The van der Waals surface area contributed by atoms with Crippen LogP contribution in [0.2, 0.25) is 0 Å². The maximum Gasteiger partial charge on any atom is 0.229 e. The Balaban J connectivity index is 1.22. The number of rotatable bonds is 18. The molecule has 0 radical (unpaired) electrons. The highest BCUT2D eigenvalue weighted by atomic mass is 127. The molecular formula is C47H45IO7. The second kappa shape index (κ2) is 20.4. The van der Waals surface area contributed by atoms with Crippen molar-refractivity contribution >= 4 is 22.6 Å². The van der Waals surface area contributed by atoms with Crippen molar-refractivity contribution in [1.82, 2.24) is 0 Å². The Kier molecular flexibility index (Phi) is 14.4. The van der Waals surface area contributed by atoms with Crippen molar-refractivity contribution in [2.24, 2.45) is 0 Å². The summed E-state index contributed by atoms with van der Waals surface area (Å²) in [6.07, 6.45) is -3.39. The summed E-state index contributed by atoms with van der Waals surface area (Å²) in [6, 6.07) is 56.3. The van der Waals surface area contributed by atoms with Gasteiger partial charge in [0.2, 0.25) is 6.29 Å². The Labute approximate surface area is 337 Å². The molecule has 1 saturated heterocycles. The fraction of sp³-hybridized carbons (Fsp3) is 0.234. The molecule has 1 heterocycles. The van der Waals surface area contributed by atoms with Gasteiger partial charge in [-0.25, -0.2) is 0 Å². The molecule has 0 spiro atoms. The van der Waals surface area contributed by atoms with Crippen LogP contribution in [0.5, 0.6) is 11.5 Å². The molecule has 7 nitrogen and oxygen atoms in total. The van der Waals surface area contributed by atoms with Crippen LogP contribution >= 0.6 is 22.6 Å². The number of hydrogen-bond acceptors (Lipinski definition) is 7. The molecule has 0 N–H and O–H groups in total. The molecule has 0 aliphatic carbocycles. The quantitative estimate of drug-likeness (QED) is 0.0799. The second-order valence-electron chi connectivity index (χ2n) is 13.3. The summed E-state index contributed by atoms with van der Waals surface area (Å²) in [4.78, 5) is 0. The highest BCUT2D eigenvalue weighted by molar-refractivity contribution is 14.1. The average molecular weight is 849 g/mol. The summed E-state index contributed by atoms with van der Waals surface area (Å²) in [5.41, 5.74) is 5.19. The van der Waals surface area contributed by atoms with Crippen molar-refractivity contribution in [1.29, 1.82) is 0 Å². The number of benzene rings is 6. The maximum absolute atomic E-state index is 6.93. The van der Waals surface area contributed by atoms with Crippen molar-refractivity contribution in [3.8, 4) is 11.5 Å². The van der Waals surface area contributed by atoms with Gasteiger partial charge in [-0.15, -0.1) is 0 Å². The summed E-state index contributed by atoms with van der Waals surface area (Å²) in [7, 11) is 0. The molecule has 6 aromatic rings. The van der Waals surface area contributed by atoms with E-state index in [2.05, 4.69) is 34.7 Å². The molecule has 0 bridgehead atoms. The first-order valence-electron chi connectivity index (χ1n) is 18.5. The van der Waals surface area contributed by atoms with Crippen LogP contribution < -0.4 is 9.47 Å². The van der Waals surface area contributed by atoms with Gasteiger partial charge in [-0.1, -0.05) is 152 Å². The minimum atomic E-state index is -0.912. The van der Waals surface area contributed by atoms with Gasteiger partial charge in [-0.2, -0.15) is 0 Å². The lowest BCUT2D eigenvalue weighted by atomic mass is 9.97. The first-order valence-corrected chi connectivity index (χ1v) is 19.6. The molecule has 0 amide bonds. The van der Waals surface area contributed by atoms with Crippen molar-refractivity contribution in [2.45, 2.75) is 63.7 Å². The van der Waals surface area contributed by atoms with Gasteiger partial charge in [0.25, 0.3) is 0 Å². The van der Waals surface area contributed by atoms with Gasteiger partial charge in [0.15, 0.2) is 11.5 Å². The topological polar surface area (TPSA) is 64.6 Å². The molecule has 6 aromatic carbocycles. The van der Waals surface area contributed by atoms with E-state index >= 15 is 0 Å². The lowest BCUT2D eigenvalue weighted by Crippen LogP contribution is -2.62. The van der Waals surface area contributed by atoms with Gasteiger partial charge in [0, 0.05) is 3.57 Å². The largest absolute Gasteiger partial charge is 0.485 e. The molecule has 7 rings (SSSR count). The molecule has 0 aromatic heterocycles. The van der Waals surface area contributed by atoms with Gasteiger partial charge in [-0.3, -0.25) is 0 Å². The van der Waals surface area contributed by atoms with E-state index in [1.54, 1.807) is 0 Å². The van der Waals surface area contributed by atoms with Crippen molar-refractivity contribution in [2.75, 3.05) is 6.61 Å². The molecule has 0 unspecified atom stereocenters. The highest BCUT2D eigenvalue weighted by Gasteiger charge is 2.50. The van der Waals surface area contributed by atoms with Gasteiger partial charge in [-0.05, 0) is 68.6 Å². The van der Waals surface area contributed by atoms with E-state index < -0.39 is 30.7 Å². The molecule has 282 valence electrons. The third kappa shape index (κ3) is 11.5. The summed E-state index contributed by atoms with van der Waals surface area (Å²) in [6.45, 7) is 2.02.